The molecule has 0 bridgehead atoms. The fourth-order valence-corrected chi connectivity index (χ4v) is 4.05. The van der Waals surface area contributed by atoms with Crippen LogP contribution >= 0.6 is 11.3 Å². The summed E-state index contributed by atoms with van der Waals surface area (Å²) < 4.78 is 10.7. The summed E-state index contributed by atoms with van der Waals surface area (Å²) in [6, 6.07) is 9.53. The van der Waals surface area contributed by atoms with Crippen LogP contribution in [0.3, 0.4) is 0 Å². The van der Waals surface area contributed by atoms with E-state index in [2.05, 4.69) is 15.3 Å². The topological polar surface area (TPSA) is 85.3 Å². The van der Waals surface area contributed by atoms with Crippen molar-refractivity contribution in [2.75, 3.05) is 13.1 Å². The van der Waals surface area contributed by atoms with Gasteiger partial charge in [0.1, 0.15) is 5.69 Å². The molecule has 0 aliphatic carbocycles. The van der Waals surface area contributed by atoms with Gasteiger partial charge in [0.25, 0.3) is 5.89 Å². The van der Waals surface area contributed by atoms with Gasteiger partial charge in [-0.2, -0.15) is 16.3 Å². The van der Waals surface area contributed by atoms with Gasteiger partial charge >= 0.3 is 0 Å². The molecule has 1 fully saturated rings. The van der Waals surface area contributed by atoms with E-state index in [0.717, 1.165) is 17.4 Å². The summed E-state index contributed by atoms with van der Waals surface area (Å²) in [5, 5.41) is 13.0. The molecule has 0 saturated carbocycles. The highest BCUT2D eigenvalue weighted by Crippen LogP contribution is 2.28. The predicted octanol–water partition coefficient (Wildman–Crippen LogP) is 3.50. The molecule has 1 atom stereocenters. The van der Waals surface area contributed by atoms with Gasteiger partial charge in [0.15, 0.2) is 11.4 Å². The lowest BCUT2D eigenvalue weighted by Gasteiger charge is -2.15. The van der Waals surface area contributed by atoms with Gasteiger partial charge in [0, 0.05) is 29.8 Å². The molecule has 1 aliphatic heterocycles. The van der Waals surface area contributed by atoms with Crippen LogP contribution in [-0.4, -0.2) is 39.2 Å². The van der Waals surface area contributed by atoms with E-state index in [-0.39, 0.29) is 18.2 Å². The van der Waals surface area contributed by atoms with Crippen molar-refractivity contribution in [2.45, 2.75) is 18.8 Å². The highest BCUT2D eigenvalue weighted by Gasteiger charge is 2.31. The average molecular weight is 380 g/mol. The monoisotopic (exact) mass is 380 g/mol. The van der Waals surface area contributed by atoms with Crippen molar-refractivity contribution in [3.63, 3.8) is 0 Å². The molecule has 27 heavy (non-hydrogen) atoms. The third kappa shape index (κ3) is 3.02. The Hall–Kier alpha value is -3.00. The van der Waals surface area contributed by atoms with E-state index in [0.29, 0.717) is 36.1 Å². The van der Waals surface area contributed by atoms with Crippen LogP contribution in [0.15, 0.2) is 50.1 Å². The number of aromatic nitrogens is 3. The standard InChI is InChI=1S/C19H16N4O3S/c24-17(9-15-14-3-1-2-4-16(14)25-21-15)23-7-5-12(10-23)18-20-19(26-22-18)13-6-8-27-11-13/h1-4,6,8,11-12H,5,7,9-10H2. The number of para-hydroxylation sites is 1. The lowest BCUT2D eigenvalue weighted by atomic mass is 10.1. The van der Waals surface area contributed by atoms with Crippen molar-refractivity contribution < 1.29 is 13.8 Å². The molecule has 8 heteroatoms. The fourth-order valence-electron chi connectivity index (χ4n) is 3.42. The third-order valence-corrected chi connectivity index (χ3v) is 5.57. The van der Waals surface area contributed by atoms with Crippen molar-refractivity contribution >= 4 is 28.2 Å². The third-order valence-electron chi connectivity index (χ3n) is 4.89. The van der Waals surface area contributed by atoms with Crippen molar-refractivity contribution in [1.29, 1.82) is 0 Å². The zero-order chi connectivity index (χ0) is 18.2. The summed E-state index contributed by atoms with van der Waals surface area (Å²) in [5.41, 5.74) is 2.31. The number of fused-ring (bicyclic) bond motifs is 1. The van der Waals surface area contributed by atoms with Crippen LogP contribution in [0, 0.1) is 0 Å². The van der Waals surface area contributed by atoms with Gasteiger partial charge in [-0.15, -0.1) is 0 Å². The van der Waals surface area contributed by atoms with Crippen molar-refractivity contribution in [1.82, 2.24) is 20.2 Å². The SMILES string of the molecule is O=C(Cc1noc2ccccc12)N1CCC(c2noc(-c3ccsc3)n2)C1. The number of thiophene rings is 1. The quantitative estimate of drug-likeness (QED) is 0.539. The van der Waals surface area contributed by atoms with Gasteiger partial charge in [-0.25, -0.2) is 0 Å². The molecule has 0 spiro atoms. The number of nitrogens with zero attached hydrogens (tertiary/aromatic N) is 4. The van der Waals surface area contributed by atoms with E-state index >= 15 is 0 Å². The Morgan fingerprint density at radius 1 is 1.22 bits per heavy atom. The number of amides is 1. The second kappa shape index (κ2) is 6.62. The van der Waals surface area contributed by atoms with Crippen molar-refractivity contribution in [3.8, 4) is 11.5 Å². The van der Waals surface area contributed by atoms with E-state index in [1.165, 1.54) is 0 Å². The minimum atomic E-state index is 0.0399. The highest BCUT2D eigenvalue weighted by atomic mass is 32.1. The number of hydrogen-bond donors (Lipinski definition) is 0. The molecule has 1 amide bonds. The second-order valence-electron chi connectivity index (χ2n) is 6.60. The van der Waals surface area contributed by atoms with Gasteiger partial charge in [-0.05, 0) is 30.0 Å². The fraction of sp³-hybridized carbons (Fsp3) is 0.263. The maximum absolute atomic E-state index is 12.7. The molecule has 1 aliphatic rings. The Labute approximate surface area is 158 Å². The molecule has 136 valence electrons. The van der Waals surface area contributed by atoms with Crippen molar-refractivity contribution in [3.05, 3.63) is 52.6 Å². The van der Waals surface area contributed by atoms with Crippen LogP contribution in [0.4, 0.5) is 0 Å². The number of benzene rings is 1. The summed E-state index contributed by atoms with van der Waals surface area (Å²) in [6.45, 7) is 1.28. The maximum atomic E-state index is 12.7. The number of rotatable bonds is 4. The molecule has 0 N–H and O–H groups in total. The predicted molar refractivity (Wildman–Crippen MR) is 99.3 cm³/mol. The number of carbonyl (C=O) groups excluding carboxylic acids is 1. The molecule has 0 radical (unpaired) electrons. The first-order valence-corrected chi connectivity index (χ1v) is 9.69. The van der Waals surface area contributed by atoms with Gasteiger partial charge in [-0.1, -0.05) is 22.4 Å². The molecular weight excluding hydrogens is 364 g/mol. The summed E-state index contributed by atoms with van der Waals surface area (Å²) in [6.07, 6.45) is 1.06. The molecule has 7 nitrogen and oxygen atoms in total. The van der Waals surface area contributed by atoms with Crippen LogP contribution in [-0.2, 0) is 11.2 Å². The molecule has 1 aromatic carbocycles. The van der Waals surface area contributed by atoms with E-state index < -0.39 is 0 Å². The first-order chi connectivity index (χ1) is 13.3. The second-order valence-corrected chi connectivity index (χ2v) is 7.38. The van der Waals surface area contributed by atoms with E-state index in [9.17, 15) is 4.79 Å². The summed E-state index contributed by atoms with van der Waals surface area (Å²) in [4.78, 5) is 19.1. The zero-order valence-electron chi connectivity index (χ0n) is 14.4. The van der Waals surface area contributed by atoms with E-state index in [4.69, 9.17) is 9.05 Å². The van der Waals surface area contributed by atoms with Crippen LogP contribution in [0.1, 0.15) is 23.9 Å². The first-order valence-electron chi connectivity index (χ1n) is 8.75. The van der Waals surface area contributed by atoms with Crippen LogP contribution in [0.2, 0.25) is 0 Å². The summed E-state index contributed by atoms with van der Waals surface area (Å²) >= 11 is 1.59. The molecule has 1 unspecified atom stereocenters. The summed E-state index contributed by atoms with van der Waals surface area (Å²) in [5.74, 6) is 1.33. The Morgan fingerprint density at radius 2 is 2.15 bits per heavy atom. The minimum Gasteiger partial charge on any atom is -0.356 e. The Bertz CT molecular complexity index is 1090. The molecule has 4 aromatic rings. The Balaban J connectivity index is 1.27. The number of hydrogen-bond acceptors (Lipinski definition) is 7. The molecule has 5 rings (SSSR count). The van der Waals surface area contributed by atoms with E-state index in [1.54, 1.807) is 11.3 Å². The lowest BCUT2D eigenvalue weighted by Crippen LogP contribution is -2.30. The Morgan fingerprint density at radius 3 is 3.04 bits per heavy atom. The molecule has 3 aromatic heterocycles. The molecule has 4 heterocycles. The van der Waals surface area contributed by atoms with Crippen LogP contribution < -0.4 is 0 Å². The van der Waals surface area contributed by atoms with E-state index in [1.807, 2.05) is 46.0 Å². The van der Waals surface area contributed by atoms with Gasteiger partial charge in [-0.3, -0.25) is 4.79 Å². The van der Waals surface area contributed by atoms with Gasteiger partial charge in [0.2, 0.25) is 5.91 Å². The lowest BCUT2D eigenvalue weighted by molar-refractivity contribution is -0.129. The smallest absolute Gasteiger partial charge is 0.258 e. The van der Waals surface area contributed by atoms with Gasteiger partial charge in [0.05, 0.1) is 12.0 Å². The zero-order valence-corrected chi connectivity index (χ0v) is 15.2. The summed E-state index contributed by atoms with van der Waals surface area (Å²) in [7, 11) is 0. The van der Waals surface area contributed by atoms with Crippen molar-refractivity contribution in [2.24, 2.45) is 0 Å². The average Bonchev–Trinajstić information content (AvgIpc) is 3.47. The van der Waals surface area contributed by atoms with Gasteiger partial charge < -0.3 is 13.9 Å². The maximum Gasteiger partial charge on any atom is 0.258 e. The van der Waals surface area contributed by atoms with Crippen LogP contribution in [0.25, 0.3) is 22.4 Å². The molecule has 1 saturated heterocycles. The van der Waals surface area contributed by atoms with Crippen LogP contribution in [0.5, 0.6) is 0 Å². The number of likely N-dealkylation sites (tertiary alicyclic amines) is 1. The first kappa shape index (κ1) is 16.2. The molecular formula is C19H16N4O3S. The Kier molecular flexibility index (Phi) is 3.97. The normalized spacial score (nSPS) is 17.0. The number of carbonyl (C=O) groups is 1. The largest absolute Gasteiger partial charge is 0.356 e. The minimum absolute atomic E-state index is 0.0399. The highest BCUT2D eigenvalue weighted by molar-refractivity contribution is 7.08.